The van der Waals surface area contributed by atoms with Crippen molar-refractivity contribution in [2.75, 3.05) is 11.1 Å². The maximum Gasteiger partial charge on any atom is 0.288 e. The summed E-state index contributed by atoms with van der Waals surface area (Å²) in [4.78, 5) is 16.1. The summed E-state index contributed by atoms with van der Waals surface area (Å²) in [5.74, 6) is -3.06. The Hall–Kier alpha value is -2.15. The molecule has 0 spiro atoms. The Morgan fingerprint density at radius 2 is 2.05 bits per heavy atom. The van der Waals surface area contributed by atoms with E-state index in [1.807, 2.05) is 0 Å². The Labute approximate surface area is 118 Å². The molecule has 0 aliphatic rings. The lowest BCUT2D eigenvalue weighted by Crippen LogP contribution is -2.14. The zero-order chi connectivity index (χ0) is 14.5. The molecule has 0 atom stereocenters. The van der Waals surface area contributed by atoms with E-state index < -0.39 is 11.7 Å². The van der Waals surface area contributed by atoms with Gasteiger partial charge < -0.3 is 11.1 Å². The van der Waals surface area contributed by atoms with Crippen LogP contribution in [-0.2, 0) is 0 Å². The number of amides is 1. The summed E-state index contributed by atoms with van der Waals surface area (Å²) in [5.41, 5.74) is 6.40. The normalized spacial score (nSPS) is 10.6. The van der Waals surface area contributed by atoms with Gasteiger partial charge in [-0.1, -0.05) is 23.9 Å². The molecule has 1 amide bonds. The van der Waals surface area contributed by atoms with Crippen molar-refractivity contribution in [2.45, 2.75) is 10.7 Å². The summed E-state index contributed by atoms with van der Waals surface area (Å²) in [6.07, 6.45) is 1.41. The number of pyridine rings is 1. The first-order chi connectivity index (χ1) is 9.56. The van der Waals surface area contributed by atoms with Gasteiger partial charge in [0, 0.05) is 16.8 Å². The SMILES string of the molecule is Nc1ccnc(C(=O)Nc2ccccc2SC(F)F)c1. The molecule has 1 aromatic heterocycles. The van der Waals surface area contributed by atoms with Crippen LogP contribution in [0.3, 0.4) is 0 Å². The number of nitrogens with two attached hydrogens (primary N) is 1. The minimum Gasteiger partial charge on any atom is -0.399 e. The topological polar surface area (TPSA) is 68.0 Å². The molecule has 0 fully saturated rings. The van der Waals surface area contributed by atoms with Gasteiger partial charge in [-0.25, -0.2) is 0 Å². The molecule has 0 saturated heterocycles. The number of carbonyl (C=O) groups excluding carboxylic acids is 1. The van der Waals surface area contributed by atoms with Crippen molar-refractivity contribution in [2.24, 2.45) is 0 Å². The second kappa shape index (κ2) is 6.33. The van der Waals surface area contributed by atoms with Crippen molar-refractivity contribution in [1.82, 2.24) is 4.98 Å². The molecule has 1 aromatic carbocycles. The Morgan fingerprint density at radius 1 is 1.30 bits per heavy atom. The highest BCUT2D eigenvalue weighted by Crippen LogP contribution is 2.31. The molecule has 1 heterocycles. The first-order valence-electron chi connectivity index (χ1n) is 5.63. The molecule has 4 nitrogen and oxygen atoms in total. The number of aromatic nitrogens is 1. The molecule has 0 aliphatic carbocycles. The number of hydrogen-bond acceptors (Lipinski definition) is 4. The van der Waals surface area contributed by atoms with Gasteiger partial charge in [-0.2, -0.15) is 8.78 Å². The Kier molecular flexibility index (Phi) is 4.52. The summed E-state index contributed by atoms with van der Waals surface area (Å²) >= 11 is 0.372. The first-order valence-corrected chi connectivity index (χ1v) is 6.51. The second-order valence-corrected chi connectivity index (χ2v) is 4.84. The van der Waals surface area contributed by atoms with E-state index in [9.17, 15) is 13.6 Å². The lowest BCUT2D eigenvalue weighted by molar-refractivity contribution is 0.102. The van der Waals surface area contributed by atoms with Crippen LogP contribution in [0.1, 0.15) is 10.5 Å². The van der Waals surface area contributed by atoms with Crippen LogP contribution in [0.2, 0.25) is 0 Å². The number of hydrogen-bond donors (Lipinski definition) is 2. The van der Waals surface area contributed by atoms with E-state index in [0.29, 0.717) is 28.0 Å². The van der Waals surface area contributed by atoms with E-state index >= 15 is 0 Å². The molecule has 0 unspecified atom stereocenters. The fraction of sp³-hybridized carbons (Fsp3) is 0.0769. The van der Waals surface area contributed by atoms with E-state index in [2.05, 4.69) is 10.3 Å². The second-order valence-electron chi connectivity index (χ2n) is 3.80. The third kappa shape index (κ3) is 3.67. The number of halogens is 2. The molecule has 3 N–H and O–H groups in total. The van der Waals surface area contributed by atoms with Crippen molar-refractivity contribution in [1.29, 1.82) is 0 Å². The van der Waals surface area contributed by atoms with Crippen molar-refractivity contribution in [3.05, 3.63) is 48.3 Å². The summed E-state index contributed by atoms with van der Waals surface area (Å²) in [7, 11) is 0. The maximum atomic E-state index is 12.4. The molecule has 104 valence electrons. The van der Waals surface area contributed by atoms with Crippen LogP contribution < -0.4 is 11.1 Å². The van der Waals surface area contributed by atoms with Crippen LogP contribution in [-0.4, -0.2) is 16.6 Å². The number of alkyl halides is 2. The van der Waals surface area contributed by atoms with Gasteiger partial charge in [0.15, 0.2) is 0 Å². The standard InChI is InChI=1S/C13H11F2N3OS/c14-13(15)20-11-4-2-1-3-9(11)18-12(19)10-7-8(16)5-6-17-10/h1-7,13H,(H2,16,17)(H,18,19). The van der Waals surface area contributed by atoms with Crippen LogP contribution in [0.5, 0.6) is 0 Å². The smallest absolute Gasteiger partial charge is 0.288 e. The van der Waals surface area contributed by atoms with Gasteiger partial charge in [-0.15, -0.1) is 0 Å². The fourth-order valence-electron chi connectivity index (χ4n) is 1.53. The number of carbonyl (C=O) groups is 1. The van der Waals surface area contributed by atoms with Gasteiger partial charge in [-0.3, -0.25) is 9.78 Å². The van der Waals surface area contributed by atoms with E-state index in [-0.39, 0.29) is 5.69 Å². The van der Waals surface area contributed by atoms with Gasteiger partial charge >= 0.3 is 0 Å². The Morgan fingerprint density at radius 3 is 2.75 bits per heavy atom. The molecule has 7 heteroatoms. The largest absolute Gasteiger partial charge is 0.399 e. The van der Waals surface area contributed by atoms with E-state index in [1.165, 1.54) is 18.3 Å². The first kappa shape index (κ1) is 14.3. The molecule has 2 rings (SSSR count). The quantitative estimate of drug-likeness (QED) is 0.850. The number of nitrogens with one attached hydrogen (secondary N) is 1. The van der Waals surface area contributed by atoms with Crippen molar-refractivity contribution < 1.29 is 13.6 Å². The lowest BCUT2D eigenvalue weighted by Gasteiger charge is -2.10. The highest BCUT2D eigenvalue weighted by Gasteiger charge is 2.13. The minimum atomic E-state index is -2.56. The Balaban J connectivity index is 2.19. The average molecular weight is 295 g/mol. The minimum absolute atomic E-state index is 0.127. The van der Waals surface area contributed by atoms with Crippen molar-refractivity contribution in [3.8, 4) is 0 Å². The predicted molar refractivity (Wildman–Crippen MR) is 74.9 cm³/mol. The lowest BCUT2D eigenvalue weighted by atomic mass is 10.2. The zero-order valence-corrected chi connectivity index (χ0v) is 11.0. The molecule has 0 aliphatic heterocycles. The molecule has 20 heavy (non-hydrogen) atoms. The number of anilines is 2. The van der Waals surface area contributed by atoms with Crippen LogP contribution in [0.4, 0.5) is 20.2 Å². The van der Waals surface area contributed by atoms with Gasteiger partial charge in [0.05, 0.1) is 5.69 Å². The zero-order valence-electron chi connectivity index (χ0n) is 10.2. The number of rotatable bonds is 4. The van der Waals surface area contributed by atoms with Gasteiger partial charge in [-0.05, 0) is 24.3 Å². The number of para-hydroxylation sites is 1. The van der Waals surface area contributed by atoms with Crippen molar-refractivity contribution in [3.63, 3.8) is 0 Å². The van der Waals surface area contributed by atoms with Gasteiger partial charge in [0.2, 0.25) is 0 Å². The number of nitrogen functional groups attached to an aromatic ring is 1. The van der Waals surface area contributed by atoms with E-state index in [1.54, 1.807) is 24.3 Å². The van der Waals surface area contributed by atoms with Crippen LogP contribution >= 0.6 is 11.8 Å². The summed E-state index contributed by atoms with van der Waals surface area (Å²) < 4.78 is 24.9. The predicted octanol–water partition coefficient (Wildman–Crippen LogP) is 3.23. The molecular formula is C13H11F2N3OS. The number of thioether (sulfide) groups is 1. The molecule has 0 bridgehead atoms. The summed E-state index contributed by atoms with van der Waals surface area (Å²) in [6, 6.07) is 9.31. The Bertz CT molecular complexity index is 622. The van der Waals surface area contributed by atoms with Crippen LogP contribution in [0.25, 0.3) is 0 Å². The van der Waals surface area contributed by atoms with Gasteiger partial charge in [0.1, 0.15) is 5.69 Å². The summed E-state index contributed by atoms with van der Waals surface area (Å²) in [6.45, 7) is 0. The molecule has 2 aromatic rings. The molecular weight excluding hydrogens is 284 g/mol. The van der Waals surface area contributed by atoms with E-state index in [4.69, 9.17) is 5.73 Å². The fourth-order valence-corrected chi connectivity index (χ4v) is 2.12. The van der Waals surface area contributed by atoms with Crippen LogP contribution in [0.15, 0.2) is 47.5 Å². The monoisotopic (exact) mass is 295 g/mol. The molecule has 0 radical (unpaired) electrons. The average Bonchev–Trinajstić information content (AvgIpc) is 2.40. The third-order valence-corrected chi connectivity index (χ3v) is 3.16. The van der Waals surface area contributed by atoms with Crippen molar-refractivity contribution >= 4 is 29.0 Å². The van der Waals surface area contributed by atoms with Crippen LogP contribution in [0, 0.1) is 0 Å². The highest BCUT2D eigenvalue weighted by atomic mass is 32.2. The maximum absolute atomic E-state index is 12.4. The summed E-state index contributed by atoms with van der Waals surface area (Å²) in [5, 5.41) is 2.55. The number of nitrogens with zero attached hydrogens (tertiary/aromatic N) is 1. The highest BCUT2D eigenvalue weighted by molar-refractivity contribution is 7.99. The third-order valence-electron chi connectivity index (χ3n) is 2.37. The van der Waals surface area contributed by atoms with Gasteiger partial charge in [0.25, 0.3) is 11.7 Å². The van der Waals surface area contributed by atoms with E-state index in [0.717, 1.165) is 0 Å². The number of benzene rings is 1. The molecule has 0 saturated carbocycles.